The number of fused-ring (bicyclic) bond motifs is 1. The van der Waals surface area contributed by atoms with Gasteiger partial charge in [-0.25, -0.2) is 0 Å². The minimum Gasteiger partial charge on any atom is -0.396 e. The van der Waals surface area contributed by atoms with Gasteiger partial charge in [-0.1, -0.05) is 51.1 Å². The molecule has 1 N–H and O–H groups in total. The first-order valence-electron chi connectivity index (χ1n) is 16.2. The number of anilines is 1. The van der Waals surface area contributed by atoms with Crippen molar-refractivity contribution in [2.45, 2.75) is 101 Å². The normalized spacial score (nSPS) is 27.8. The SMILES string of the molecule is C=CCN(C(=O)[C@H]1[C@H]2C(=O)N(CCCCCO)C(C(=O)N(CC=C)C(C)(C)CC(C)(C)C)C23CC[C@]1(C)S3)c1ccccc1. The molecule has 3 heterocycles. The lowest BCUT2D eigenvalue weighted by molar-refractivity contribution is -0.146. The largest absolute Gasteiger partial charge is 0.396 e. The Morgan fingerprint density at radius 1 is 1.02 bits per heavy atom. The Bertz CT molecular complexity index is 1240. The van der Waals surface area contributed by atoms with Crippen LogP contribution in [0.2, 0.25) is 0 Å². The predicted molar refractivity (Wildman–Crippen MR) is 180 cm³/mol. The van der Waals surface area contributed by atoms with Crippen molar-refractivity contribution in [1.29, 1.82) is 0 Å². The third-order valence-electron chi connectivity index (χ3n) is 9.75. The van der Waals surface area contributed by atoms with Gasteiger partial charge in [-0.05, 0) is 76.8 Å². The number of aliphatic hydroxyl groups excluding tert-OH is 1. The zero-order chi connectivity index (χ0) is 32.5. The molecule has 3 aliphatic heterocycles. The van der Waals surface area contributed by atoms with Gasteiger partial charge >= 0.3 is 0 Å². The summed E-state index contributed by atoms with van der Waals surface area (Å²) in [4.78, 5) is 49.8. The fraction of sp³-hybridized carbons (Fsp3) is 0.639. The van der Waals surface area contributed by atoms with Crippen LogP contribution in [0.5, 0.6) is 0 Å². The second kappa shape index (κ2) is 13.0. The Labute approximate surface area is 269 Å². The maximum atomic E-state index is 15.0. The molecule has 242 valence electrons. The molecule has 2 unspecified atom stereocenters. The summed E-state index contributed by atoms with van der Waals surface area (Å²) in [6.07, 6.45) is 7.88. The summed E-state index contributed by atoms with van der Waals surface area (Å²) in [6, 6.07) is 8.91. The van der Waals surface area contributed by atoms with Crippen molar-refractivity contribution < 1.29 is 19.5 Å². The molecule has 1 aromatic rings. The highest BCUT2D eigenvalue weighted by Crippen LogP contribution is 2.71. The number of rotatable bonds is 14. The van der Waals surface area contributed by atoms with E-state index < -0.39 is 32.9 Å². The van der Waals surface area contributed by atoms with Gasteiger partial charge in [-0.3, -0.25) is 14.4 Å². The highest BCUT2D eigenvalue weighted by Gasteiger charge is 2.77. The average Bonchev–Trinajstić information content (AvgIpc) is 3.51. The van der Waals surface area contributed by atoms with Crippen LogP contribution in [0, 0.1) is 17.3 Å². The van der Waals surface area contributed by atoms with Crippen LogP contribution in [0.1, 0.15) is 80.1 Å². The third kappa shape index (κ3) is 6.26. The van der Waals surface area contributed by atoms with E-state index in [0.717, 1.165) is 24.9 Å². The van der Waals surface area contributed by atoms with Crippen molar-refractivity contribution in [3.63, 3.8) is 0 Å². The van der Waals surface area contributed by atoms with Crippen molar-refractivity contribution in [2.75, 3.05) is 31.1 Å². The molecule has 44 heavy (non-hydrogen) atoms. The number of carbonyl (C=O) groups is 3. The molecule has 0 saturated carbocycles. The Morgan fingerprint density at radius 2 is 1.68 bits per heavy atom. The predicted octanol–water partition coefficient (Wildman–Crippen LogP) is 6.08. The number of likely N-dealkylation sites (tertiary alicyclic amines) is 1. The van der Waals surface area contributed by atoms with Crippen molar-refractivity contribution in [2.24, 2.45) is 17.3 Å². The van der Waals surface area contributed by atoms with E-state index in [9.17, 15) is 19.5 Å². The van der Waals surface area contributed by atoms with Gasteiger partial charge in [-0.15, -0.1) is 24.9 Å². The number of unbranched alkanes of at least 4 members (excludes halogenated alkanes) is 2. The lowest BCUT2D eigenvalue weighted by Crippen LogP contribution is -2.60. The van der Waals surface area contributed by atoms with Gasteiger partial charge in [0.1, 0.15) is 6.04 Å². The molecule has 8 heteroatoms. The van der Waals surface area contributed by atoms with E-state index in [0.29, 0.717) is 38.9 Å². The van der Waals surface area contributed by atoms with Gasteiger partial charge in [0.15, 0.2) is 0 Å². The molecule has 3 aliphatic rings. The van der Waals surface area contributed by atoms with E-state index in [1.807, 2.05) is 40.1 Å². The summed E-state index contributed by atoms with van der Waals surface area (Å²) < 4.78 is -1.15. The zero-order valence-electron chi connectivity index (χ0n) is 27.7. The average molecular weight is 624 g/mol. The molecule has 1 aromatic carbocycles. The van der Waals surface area contributed by atoms with Crippen LogP contribution >= 0.6 is 11.8 Å². The van der Waals surface area contributed by atoms with Gasteiger partial charge in [0.25, 0.3) is 0 Å². The molecular weight excluding hydrogens is 570 g/mol. The molecule has 0 radical (unpaired) electrons. The highest BCUT2D eigenvalue weighted by atomic mass is 32.2. The lowest BCUT2D eigenvalue weighted by atomic mass is 9.66. The molecule has 4 rings (SSSR count). The van der Waals surface area contributed by atoms with Crippen LogP contribution in [0.3, 0.4) is 0 Å². The summed E-state index contributed by atoms with van der Waals surface area (Å²) in [5, 5.41) is 9.39. The van der Waals surface area contributed by atoms with Crippen LogP contribution in [-0.4, -0.2) is 79.9 Å². The number of benzene rings is 1. The lowest BCUT2D eigenvalue weighted by Gasteiger charge is -2.46. The monoisotopic (exact) mass is 623 g/mol. The molecular formula is C36H53N3O4S. The van der Waals surface area contributed by atoms with Crippen molar-refractivity contribution >= 4 is 35.2 Å². The van der Waals surface area contributed by atoms with Gasteiger partial charge < -0.3 is 19.8 Å². The number of aliphatic hydroxyl groups is 1. The first kappa shape index (κ1) is 34.3. The van der Waals surface area contributed by atoms with E-state index in [4.69, 9.17) is 0 Å². The number of carbonyl (C=O) groups excluding carboxylic acids is 3. The smallest absolute Gasteiger partial charge is 0.247 e. The molecule has 3 amide bonds. The van der Waals surface area contributed by atoms with Crippen LogP contribution < -0.4 is 4.90 Å². The molecule has 3 saturated heterocycles. The molecule has 2 bridgehead atoms. The minimum atomic E-state index is -0.687. The van der Waals surface area contributed by atoms with Gasteiger partial charge in [0.2, 0.25) is 17.7 Å². The Balaban J connectivity index is 1.79. The topological polar surface area (TPSA) is 81.2 Å². The minimum absolute atomic E-state index is 0.0168. The van der Waals surface area contributed by atoms with E-state index in [2.05, 4.69) is 54.7 Å². The molecule has 3 fully saturated rings. The molecule has 7 nitrogen and oxygen atoms in total. The van der Waals surface area contributed by atoms with E-state index in [-0.39, 0.29) is 29.7 Å². The second-order valence-corrected chi connectivity index (χ2v) is 16.8. The van der Waals surface area contributed by atoms with Crippen molar-refractivity contribution in [3.8, 4) is 0 Å². The van der Waals surface area contributed by atoms with E-state index in [1.54, 1.807) is 28.8 Å². The maximum absolute atomic E-state index is 15.0. The molecule has 1 spiro atoms. The summed E-state index contributed by atoms with van der Waals surface area (Å²) >= 11 is 1.72. The van der Waals surface area contributed by atoms with Gasteiger partial charge in [-0.2, -0.15) is 0 Å². The fourth-order valence-corrected chi connectivity index (χ4v) is 10.8. The maximum Gasteiger partial charge on any atom is 0.247 e. The Morgan fingerprint density at radius 3 is 2.27 bits per heavy atom. The highest BCUT2D eigenvalue weighted by molar-refractivity contribution is 8.02. The van der Waals surface area contributed by atoms with E-state index in [1.165, 1.54) is 0 Å². The standard InChI is InChI=1S/C36H53N3O4S/c1-9-21-37(26-17-13-11-14-18-26)30(41)27-28-31(42)38(23-15-12-16-24-40)29(36(28)20-19-35(27,8)44-36)32(43)39(22-10-2)34(6,7)25-33(3,4)5/h9-11,13-14,17-18,27-29,40H,1-2,12,15-16,19-25H2,3-8H3/t27-,28+,29?,35+,36?/m1/s1. The van der Waals surface area contributed by atoms with E-state index >= 15 is 0 Å². The molecule has 0 aromatic heterocycles. The van der Waals surface area contributed by atoms with Gasteiger partial charge in [0.05, 0.1) is 16.6 Å². The summed E-state index contributed by atoms with van der Waals surface area (Å²) in [5.41, 5.74) is 0.290. The fourth-order valence-electron chi connectivity index (χ4n) is 8.43. The quantitative estimate of drug-likeness (QED) is 0.201. The number of hydrogen-bond acceptors (Lipinski definition) is 5. The van der Waals surface area contributed by atoms with Crippen LogP contribution in [-0.2, 0) is 14.4 Å². The Hall–Kier alpha value is -2.58. The van der Waals surface area contributed by atoms with Crippen LogP contribution in [0.25, 0.3) is 0 Å². The van der Waals surface area contributed by atoms with Crippen LogP contribution in [0.15, 0.2) is 55.6 Å². The first-order valence-corrected chi connectivity index (χ1v) is 17.0. The van der Waals surface area contributed by atoms with Crippen LogP contribution in [0.4, 0.5) is 5.69 Å². The Kier molecular flexibility index (Phi) is 10.2. The summed E-state index contributed by atoms with van der Waals surface area (Å²) in [7, 11) is 0. The number of thioether (sulfide) groups is 1. The first-order chi connectivity index (χ1) is 20.7. The molecule has 0 aliphatic carbocycles. The zero-order valence-corrected chi connectivity index (χ0v) is 28.5. The summed E-state index contributed by atoms with van der Waals surface area (Å²) in [6.45, 7) is 22.0. The summed E-state index contributed by atoms with van der Waals surface area (Å²) in [5.74, 6) is -1.34. The van der Waals surface area contributed by atoms with Crippen molar-refractivity contribution in [3.05, 3.63) is 55.6 Å². The number of nitrogens with zero attached hydrogens (tertiary/aromatic N) is 3. The molecule has 5 atom stereocenters. The third-order valence-corrected chi connectivity index (χ3v) is 11.7. The van der Waals surface area contributed by atoms with Gasteiger partial charge in [0, 0.05) is 42.2 Å². The number of para-hydroxylation sites is 1. The number of hydrogen-bond donors (Lipinski definition) is 1. The second-order valence-electron chi connectivity index (χ2n) is 14.9. The number of amides is 3. The van der Waals surface area contributed by atoms with Crippen molar-refractivity contribution in [1.82, 2.24) is 9.80 Å².